The molecule has 0 atom stereocenters. The molecule has 0 bridgehead atoms. The highest BCUT2D eigenvalue weighted by Gasteiger charge is 2.11. The minimum Gasteiger partial charge on any atom is -0.325 e. The van der Waals surface area contributed by atoms with Crippen LogP contribution in [0, 0.1) is 6.92 Å². The van der Waals surface area contributed by atoms with Crippen LogP contribution < -0.4 is 5.32 Å². The van der Waals surface area contributed by atoms with Crippen LogP contribution in [0.15, 0.2) is 48.8 Å². The molecule has 0 spiro atoms. The maximum Gasteiger partial charge on any atom is 0.230 e. The first-order valence-electron chi connectivity index (χ1n) is 7.48. The number of hydrogen-bond donors (Lipinski definition) is 1. The Balaban J connectivity index is 1.78. The molecule has 4 nitrogen and oxygen atoms in total. The molecule has 1 N–H and O–H groups in total. The Bertz CT molecular complexity index is 787. The summed E-state index contributed by atoms with van der Waals surface area (Å²) in [5.74, 6) is -0.0348. The Hall–Kier alpha value is -2.62. The third-order valence-electron chi connectivity index (χ3n) is 3.76. The van der Waals surface area contributed by atoms with E-state index in [1.165, 1.54) is 0 Å². The van der Waals surface area contributed by atoms with Gasteiger partial charge in [-0.25, -0.2) is 4.98 Å². The fourth-order valence-electron chi connectivity index (χ4n) is 2.62. The number of imidazole rings is 1. The zero-order valence-corrected chi connectivity index (χ0v) is 12.8. The molecule has 0 unspecified atom stereocenters. The lowest BCUT2D eigenvalue weighted by Crippen LogP contribution is -2.16. The van der Waals surface area contributed by atoms with E-state index in [0.29, 0.717) is 0 Å². The summed E-state index contributed by atoms with van der Waals surface area (Å²) in [4.78, 5) is 16.8. The smallest absolute Gasteiger partial charge is 0.230 e. The van der Waals surface area contributed by atoms with E-state index in [-0.39, 0.29) is 12.3 Å². The fourth-order valence-corrected chi connectivity index (χ4v) is 2.62. The molecule has 1 amide bonds. The van der Waals surface area contributed by atoms with Crippen LogP contribution in [0.4, 0.5) is 5.69 Å². The number of carbonyl (C=O) groups excluding carboxylic acids is 1. The quantitative estimate of drug-likeness (QED) is 0.801. The van der Waals surface area contributed by atoms with Gasteiger partial charge in [-0.1, -0.05) is 31.2 Å². The number of nitrogens with one attached hydrogen (secondary N) is 1. The second-order valence-corrected chi connectivity index (χ2v) is 5.39. The van der Waals surface area contributed by atoms with Crippen LogP contribution >= 0.6 is 0 Å². The number of aromatic nitrogens is 2. The number of carbonyl (C=O) groups is 1. The second-order valence-electron chi connectivity index (χ2n) is 5.39. The van der Waals surface area contributed by atoms with Gasteiger partial charge in [-0.2, -0.15) is 0 Å². The molecule has 0 radical (unpaired) electrons. The van der Waals surface area contributed by atoms with Crippen molar-refractivity contribution in [2.45, 2.75) is 26.7 Å². The average molecular weight is 293 g/mol. The fraction of sp³-hybridized carbons (Fsp3) is 0.222. The van der Waals surface area contributed by atoms with E-state index in [1.54, 1.807) is 0 Å². The molecular formula is C18H19N3O. The van der Waals surface area contributed by atoms with Crippen molar-refractivity contribution in [1.29, 1.82) is 0 Å². The van der Waals surface area contributed by atoms with Crippen molar-refractivity contribution in [2.24, 2.45) is 0 Å². The van der Waals surface area contributed by atoms with Crippen molar-refractivity contribution < 1.29 is 4.79 Å². The lowest BCUT2D eigenvalue weighted by atomic mass is 10.1. The van der Waals surface area contributed by atoms with Crippen molar-refractivity contribution in [3.8, 4) is 0 Å². The number of nitrogens with zero attached hydrogens (tertiary/aromatic N) is 2. The van der Waals surface area contributed by atoms with Crippen molar-refractivity contribution in [2.75, 3.05) is 5.32 Å². The molecular weight excluding hydrogens is 274 g/mol. The minimum absolute atomic E-state index is 0.0348. The standard InChI is InChI=1S/C18H19N3O/c1-3-14-8-6-7-13(2)18(14)20-17(22)11-15-12-21-10-5-4-9-16(21)19-15/h4-10,12H,3,11H2,1-2H3,(H,20,22). The Kier molecular flexibility index (Phi) is 3.92. The van der Waals surface area contributed by atoms with Crippen LogP contribution in [0.1, 0.15) is 23.7 Å². The molecule has 3 rings (SSSR count). The van der Waals surface area contributed by atoms with Gasteiger partial charge in [0.15, 0.2) is 0 Å². The topological polar surface area (TPSA) is 46.4 Å². The number of fused-ring (bicyclic) bond motifs is 1. The van der Waals surface area contributed by atoms with Gasteiger partial charge in [0.05, 0.1) is 12.1 Å². The van der Waals surface area contributed by atoms with Crippen LogP contribution in [-0.2, 0) is 17.6 Å². The summed E-state index contributed by atoms with van der Waals surface area (Å²) in [6, 6.07) is 11.9. The molecule has 2 aromatic heterocycles. The van der Waals surface area contributed by atoms with E-state index < -0.39 is 0 Å². The number of anilines is 1. The molecule has 0 aliphatic carbocycles. The largest absolute Gasteiger partial charge is 0.325 e. The average Bonchev–Trinajstić information content (AvgIpc) is 2.91. The Morgan fingerprint density at radius 2 is 2.09 bits per heavy atom. The molecule has 0 aliphatic rings. The first kappa shape index (κ1) is 14.3. The number of pyridine rings is 1. The monoisotopic (exact) mass is 293 g/mol. The highest BCUT2D eigenvalue weighted by molar-refractivity contribution is 5.93. The van der Waals surface area contributed by atoms with Crippen molar-refractivity contribution in [1.82, 2.24) is 9.38 Å². The lowest BCUT2D eigenvalue weighted by molar-refractivity contribution is -0.115. The van der Waals surface area contributed by atoms with E-state index >= 15 is 0 Å². The molecule has 4 heteroatoms. The summed E-state index contributed by atoms with van der Waals surface area (Å²) in [6.07, 6.45) is 5.00. The summed E-state index contributed by atoms with van der Waals surface area (Å²) < 4.78 is 1.92. The summed E-state index contributed by atoms with van der Waals surface area (Å²) in [7, 11) is 0. The van der Waals surface area contributed by atoms with E-state index in [1.807, 2.05) is 60.1 Å². The maximum atomic E-state index is 12.3. The summed E-state index contributed by atoms with van der Waals surface area (Å²) in [5.41, 5.74) is 4.80. The van der Waals surface area contributed by atoms with Crippen molar-refractivity contribution >= 4 is 17.2 Å². The van der Waals surface area contributed by atoms with Gasteiger partial charge in [-0.05, 0) is 36.6 Å². The van der Waals surface area contributed by atoms with Crippen LogP contribution in [-0.4, -0.2) is 15.3 Å². The van der Waals surface area contributed by atoms with Crippen molar-refractivity contribution in [3.63, 3.8) is 0 Å². The van der Waals surface area contributed by atoms with Gasteiger partial charge in [0, 0.05) is 18.1 Å². The van der Waals surface area contributed by atoms with Crippen LogP contribution in [0.2, 0.25) is 0 Å². The Morgan fingerprint density at radius 1 is 1.23 bits per heavy atom. The highest BCUT2D eigenvalue weighted by atomic mass is 16.1. The molecule has 2 heterocycles. The molecule has 3 aromatic rings. The zero-order valence-electron chi connectivity index (χ0n) is 12.8. The summed E-state index contributed by atoms with van der Waals surface area (Å²) >= 11 is 0. The van der Waals surface area contributed by atoms with E-state index in [4.69, 9.17) is 0 Å². The Morgan fingerprint density at radius 3 is 2.86 bits per heavy atom. The predicted molar refractivity (Wildman–Crippen MR) is 88.1 cm³/mol. The number of rotatable bonds is 4. The number of para-hydroxylation sites is 1. The van der Waals surface area contributed by atoms with Gasteiger partial charge in [-0.3, -0.25) is 4.79 Å². The van der Waals surface area contributed by atoms with Gasteiger partial charge < -0.3 is 9.72 Å². The summed E-state index contributed by atoms with van der Waals surface area (Å²) in [6.45, 7) is 4.10. The SMILES string of the molecule is CCc1cccc(C)c1NC(=O)Cc1cn2ccccc2n1. The summed E-state index contributed by atoms with van der Waals surface area (Å²) in [5, 5.41) is 3.03. The third-order valence-corrected chi connectivity index (χ3v) is 3.76. The first-order chi connectivity index (χ1) is 10.7. The Labute approximate surface area is 129 Å². The molecule has 0 saturated heterocycles. The molecule has 112 valence electrons. The van der Waals surface area contributed by atoms with Gasteiger partial charge in [-0.15, -0.1) is 0 Å². The number of benzene rings is 1. The number of amides is 1. The van der Waals surface area contributed by atoms with E-state index in [0.717, 1.165) is 34.6 Å². The molecule has 22 heavy (non-hydrogen) atoms. The molecule has 0 fully saturated rings. The maximum absolute atomic E-state index is 12.3. The van der Waals surface area contributed by atoms with Crippen LogP contribution in [0.3, 0.4) is 0 Å². The predicted octanol–water partition coefficient (Wildman–Crippen LogP) is 3.39. The highest BCUT2D eigenvalue weighted by Crippen LogP contribution is 2.21. The third kappa shape index (κ3) is 2.86. The van der Waals surface area contributed by atoms with Gasteiger partial charge in [0.1, 0.15) is 5.65 Å². The van der Waals surface area contributed by atoms with E-state index in [9.17, 15) is 4.79 Å². The van der Waals surface area contributed by atoms with Gasteiger partial charge in [0.2, 0.25) is 5.91 Å². The van der Waals surface area contributed by atoms with Crippen LogP contribution in [0.5, 0.6) is 0 Å². The lowest BCUT2D eigenvalue weighted by Gasteiger charge is -2.12. The minimum atomic E-state index is -0.0348. The van der Waals surface area contributed by atoms with Gasteiger partial charge in [0.25, 0.3) is 0 Å². The first-order valence-corrected chi connectivity index (χ1v) is 7.48. The zero-order chi connectivity index (χ0) is 15.5. The second kappa shape index (κ2) is 6.02. The number of aryl methyl sites for hydroxylation is 2. The normalized spacial score (nSPS) is 10.8. The van der Waals surface area contributed by atoms with E-state index in [2.05, 4.69) is 17.2 Å². The van der Waals surface area contributed by atoms with Gasteiger partial charge >= 0.3 is 0 Å². The molecule has 0 saturated carbocycles. The number of hydrogen-bond acceptors (Lipinski definition) is 2. The molecule has 0 aliphatic heterocycles. The molecule has 1 aromatic carbocycles. The van der Waals surface area contributed by atoms with Crippen LogP contribution in [0.25, 0.3) is 5.65 Å². The van der Waals surface area contributed by atoms with Crippen molar-refractivity contribution in [3.05, 3.63) is 65.6 Å².